The van der Waals surface area contributed by atoms with Gasteiger partial charge in [-0.3, -0.25) is 4.79 Å². The smallest absolute Gasteiger partial charge is 0.407 e. The van der Waals surface area contributed by atoms with Crippen molar-refractivity contribution in [2.45, 2.75) is 69.1 Å². The highest BCUT2D eigenvalue weighted by Crippen LogP contribution is 2.23. The Bertz CT molecular complexity index is 1170. The first-order chi connectivity index (χ1) is 17.9. The minimum atomic E-state index is -3.91. The van der Waals surface area contributed by atoms with Crippen molar-refractivity contribution in [2.75, 3.05) is 19.6 Å². The highest BCUT2D eigenvalue weighted by atomic mass is 32.2. The van der Waals surface area contributed by atoms with Gasteiger partial charge in [0.15, 0.2) is 0 Å². The number of hydrogen-bond donors (Lipinski definition) is 3. The summed E-state index contributed by atoms with van der Waals surface area (Å²) < 4.78 is 39.1. The lowest BCUT2D eigenvalue weighted by atomic mass is 10.2. The molecule has 2 atom stereocenters. The molecule has 38 heavy (non-hydrogen) atoms. The molecule has 1 saturated heterocycles. The van der Waals surface area contributed by atoms with Gasteiger partial charge < -0.3 is 24.8 Å². The fraction of sp³-hybridized carbons (Fsp3) is 0.481. The van der Waals surface area contributed by atoms with E-state index in [1.165, 1.54) is 17.0 Å². The molecule has 2 aromatic carbocycles. The number of ether oxygens (including phenoxy) is 2. The molecule has 10 nitrogen and oxygen atoms in total. The first kappa shape index (κ1) is 29.4. The maximum absolute atomic E-state index is 12.9. The first-order valence-corrected chi connectivity index (χ1v) is 14.2. The van der Waals surface area contributed by atoms with Crippen molar-refractivity contribution in [1.82, 2.24) is 14.9 Å². The zero-order chi connectivity index (χ0) is 27.8. The van der Waals surface area contributed by atoms with Crippen LogP contribution in [0, 0.1) is 0 Å². The molecule has 1 aliphatic heterocycles. The Hall–Kier alpha value is -3.15. The average Bonchev–Trinajstić information content (AvgIpc) is 3.20. The van der Waals surface area contributed by atoms with E-state index in [2.05, 4.69) is 10.0 Å². The molecule has 2 aromatic rings. The van der Waals surface area contributed by atoms with Gasteiger partial charge in [0.1, 0.15) is 17.1 Å². The number of unbranched alkanes of at least 4 members (excludes halogenated alkanes) is 2. The van der Waals surface area contributed by atoms with Crippen molar-refractivity contribution in [3.63, 3.8) is 0 Å². The number of likely N-dealkylation sites (tertiary alicyclic amines) is 1. The zero-order valence-electron chi connectivity index (χ0n) is 22.1. The van der Waals surface area contributed by atoms with E-state index < -0.39 is 33.9 Å². The SMILES string of the molecule is CC(C)(C)OC(=O)NCCCCCC(=O)N1C[C@H](NS(=O)(=O)c2ccc(Oc3ccccc3)cc2)[C@@H](O)C1. The third-order valence-electron chi connectivity index (χ3n) is 5.80. The van der Waals surface area contributed by atoms with Gasteiger partial charge in [-0.1, -0.05) is 24.6 Å². The summed E-state index contributed by atoms with van der Waals surface area (Å²) in [6, 6.07) is 14.3. The quantitative estimate of drug-likeness (QED) is 0.367. The molecule has 0 saturated carbocycles. The number of β-amino-alcohol motifs (C(OH)–C–C–N with tert-alkyl or cyclic N) is 1. The van der Waals surface area contributed by atoms with E-state index in [-0.39, 0.29) is 30.3 Å². The second-order valence-electron chi connectivity index (χ2n) is 10.2. The maximum Gasteiger partial charge on any atom is 0.407 e. The van der Waals surface area contributed by atoms with Crippen molar-refractivity contribution in [1.29, 1.82) is 0 Å². The number of carbonyl (C=O) groups is 2. The van der Waals surface area contributed by atoms with E-state index >= 15 is 0 Å². The third kappa shape index (κ3) is 9.30. The van der Waals surface area contributed by atoms with Gasteiger partial charge in [-0.2, -0.15) is 0 Å². The van der Waals surface area contributed by atoms with Crippen molar-refractivity contribution in [3.8, 4) is 11.5 Å². The highest BCUT2D eigenvalue weighted by Gasteiger charge is 2.36. The summed E-state index contributed by atoms with van der Waals surface area (Å²) in [5, 5.41) is 13.1. The molecule has 208 valence electrons. The number of amides is 2. The largest absolute Gasteiger partial charge is 0.457 e. The summed E-state index contributed by atoms with van der Waals surface area (Å²) in [5.74, 6) is 0.985. The monoisotopic (exact) mass is 547 g/mol. The van der Waals surface area contributed by atoms with E-state index in [1.54, 1.807) is 45.0 Å². The summed E-state index contributed by atoms with van der Waals surface area (Å²) in [4.78, 5) is 25.7. The van der Waals surface area contributed by atoms with Crippen molar-refractivity contribution < 1.29 is 32.6 Å². The summed E-state index contributed by atoms with van der Waals surface area (Å²) in [6.45, 7) is 5.99. The normalized spacial score (nSPS) is 17.7. The Labute approximate surface area is 224 Å². The van der Waals surface area contributed by atoms with Crippen LogP contribution in [0.5, 0.6) is 11.5 Å². The molecule has 11 heteroatoms. The Kier molecular flexibility index (Phi) is 10.1. The van der Waals surface area contributed by atoms with Crippen LogP contribution >= 0.6 is 0 Å². The number of benzene rings is 2. The second kappa shape index (κ2) is 13.1. The van der Waals surface area contributed by atoms with E-state index in [4.69, 9.17) is 9.47 Å². The fourth-order valence-electron chi connectivity index (χ4n) is 3.93. The molecule has 0 unspecified atom stereocenters. The molecular formula is C27H37N3O7S. The first-order valence-electron chi connectivity index (χ1n) is 12.7. The lowest BCUT2D eigenvalue weighted by Gasteiger charge is -2.19. The van der Waals surface area contributed by atoms with Gasteiger partial charge in [-0.15, -0.1) is 0 Å². The van der Waals surface area contributed by atoms with E-state index in [0.717, 1.165) is 6.42 Å². The summed E-state index contributed by atoms with van der Waals surface area (Å²) in [7, 11) is -3.91. The molecule has 3 N–H and O–H groups in total. The third-order valence-corrected chi connectivity index (χ3v) is 7.30. The molecule has 2 amide bonds. The van der Waals surface area contributed by atoms with Crippen molar-refractivity contribution in [3.05, 3.63) is 54.6 Å². The van der Waals surface area contributed by atoms with Gasteiger partial charge in [0.25, 0.3) is 0 Å². The van der Waals surface area contributed by atoms with Crippen molar-refractivity contribution >= 4 is 22.0 Å². The van der Waals surface area contributed by atoms with Crippen molar-refractivity contribution in [2.24, 2.45) is 0 Å². The molecular weight excluding hydrogens is 510 g/mol. The number of hydrogen-bond acceptors (Lipinski definition) is 7. The molecule has 0 spiro atoms. The van der Waals surface area contributed by atoms with E-state index in [9.17, 15) is 23.1 Å². The van der Waals surface area contributed by atoms with Gasteiger partial charge in [-0.25, -0.2) is 17.9 Å². The Morgan fingerprint density at radius 1 is 0.974 bits per heavy atom. The maximum atomic E-state index is 12.9. The summed E-state index contributed by atoms with van der Waals surface area (Å²) >= 11 is 0. The summed E-state index contributed by atoms with van der Waals surface area (Å²) in [5.41, 5.74) is -0.551. The molecule has 0 radical (unpaired) electrons. The predicted octanol–water partition coefficient (Wildman–Crippen LogP) is 3.41. The van der Waals surface area contributed by atoms with E-state index in [0.29, 0.717) is 30.9 Å². The lowest BCUT2D eigenvalue weighted by molar-refractivity contribution is -0.130. The minimum Gasteiger partial charge on any atom is -0.457 e. The fourth-order valence-corrected chi connectivity index (χ4v) is 5.19. The Morgan fingerprint density at radius 3 is 2.29 bits per heavy atom. The van der Waals surface area contributed by atoms with E-state index in [1.807, 2.05) is 18.2 Å². The number of para-hydroxylation sites is 1. The standard InChI is InChI=1S/C27H37N3O7S/c1-27(2,3)37-26(33)28-17-9-5-8-12-25(32)30-18-23(24(31)19-30)29-38(34,35)22-15-13-21(14-16-22)36-20-10-6-4-7-11-20/h4,6-7,10-11,13-16,23-24,29,31H,5,8-9,12,17-19H2,1-3H3,(H,28,33)/t23-,24-/m0/s1. The molecule has 1 fully saturated rings. The van der Waals surface area contributed by atoms with Crippen LogP contribution in [-0.2, 0) is 19.6 Å². The average molecular weight is 548 g/mol. The van der Waals surface area contributed by atoms with Crippen LogP contribution in [0.3, 0.4) is 0 Å². The van der Waals surface area contributed by atoms with Crippen LogP contribution in [0.15, 0.2) is 59.5 Å². The summed E-state index contributed by atoms with van der Waals surface area (Å²) in [6.07, 6.45) is 0.860. The molecule has 1 aliphatic rings. The van der Waals surface area contributed by atoms with Gasteiger partial charge >= 0.3 is 6.09 Å². The van der Waals surface area contributed by atoms with Gasteiger partial charge in [-0.05, 0) is 70.0 Å². The predicted molar refractivity (Wildman–Crippen MR) is 142 cm³/mol. The van der Waals surface area contributed by atoms with Crippen LogP contribution in [0.4, 0.5) is 4.79 Å². The topological polar surface area (TPSA) is 134 Å². The number of aliphatic hydroxyl groups is 1. The van der Waals surface area contributed by atoms with Gasteiger partial charge in [0, 0.05) is 26.1 Å². The Morgan fingerprint density at radius 2 is 1.63 bits per heavy atom. The minimum absolute atomic E-state index is 0.0369. The number of sulfonamides is 1. The molecule has 0 aromatic heterocycles. The molecule has 1 heterocycles. The number of aliphatic hydroxyl groups excluding tert-OH is 1. The lowest BCUT2D eigenvalue weighted by Crippen LogP contribution is -2.42. The second-order valence-corrected chi connectivity index (χ2v) is 11.9. The van der Waals surface area contributed by atoms with Crippen LogP contribution in [0.1, 0.15) is 46.5 Å². The van der Waals surface area contributed by atoms with Crippen LogP contribution in [0.25, 0.3) is 0 Å². The number of alkyl carbamates (subject to hydrolysis) is 1. The van der Waals surface area contributed by atoms with Crippen LogP contribution in [0.2, 0.25) is 0 Å². The van der Waals surface area contributed by atoms with Crippen LogP contribution < -0.4 is 14.8 Å². The Balaban J connectivity index is 1.41. The van der Waals surface area contributed by atoms with Gasteiger partial charge in [0.2, 0.25) is 15.9 Å². The highest BCUT2D eigenvalue weighted by molar-refractivity contribution is 7.89. The number of carbonyl (C=O) groups excluding carboxylic acids is 2. The molecule has 0 bridgehead atoms. The number of nitrogens with zero attached hydrogens (tertiary/aromatic N) is 1. The number of rotatable bonds is 11. The van der Waals surface area contributed by atoms with Gasteiger partial charge in [0.05, 0.1) is 17.0 Å². The molecule has 0 aliphatic carbocycles. The van der Waals surface area contributed by atoms with Crippen LogP contribution in [-0.4, -0.2) is 67.8 Å². The zero-order valence-corrected chi connectivity index (χ0v) is 22.9. The number of nitrogens with one attached hydrogen (secondary N) is 2. The molecule has 3 rings (SSSR count).